The molecule has 1 saturated carbocycles. The Morgan fingerprint density at radius 1 is 0.927 bits per heavy atom. The zero-order chi connectivity index (χ0) is 29.4. The molecule has 6 rings (SSSR count). The normalized spacial score (nSPS) is 35.0. The van der Waals surface area contributed by atoms with Gasteiger partial charge in [-0.3, -0.25) is 9.59 Å². The summed E-state index contributed by atoms with van der Waals surface area (Å²) in [5, 5.41) is 23.2. The van der Waals surface area contributed by atoms with Gasteiger partial charge >= 0.3 is 0 Å². The summed E-state index contributed by atoms with van der Waals surface area (Å²) >= 11 is 20.6. The van der Waals surface area contributed by atoms with Gasteiger partial charge < -0.3 is 52.5 Å². The van der Waals surface area contributed by atoms with Gasteiger partial charge in [-0.1, -0.05) is 0 Å². The van der Waals surface area contributed by atoms with Crippen molar-refractivity contribution >= 4 is 99.1 Å². The molecule has 1 spiro atoms. The number of rotatable bonds is 6. The highest BCUT2D eigenvalue weighted by Gasteiger charge is 2.76. The van der Waals surface area contributed by atoms with Gasteiger partial charge in [0.1, 0.15) is 16.9 Å². The number of alkyl halides is 1. The van der Waals surface area contributed by atoms with Gasteiger partial charge in [0, 0.05) is 24.9 Å². The highest BCUT2D eigenvalue weighted by molar-refractivity contribution is 9.13. The van der Waals surface area contributed by atoms with E-state index < -0.39 is 46.9 Å². The molecule has 0 aromatic carbocycles. The Morgan fingerprint density at radius 3 is 1.98 bits per heavy atom. The first-order valence-corrected chi connectivity index (χ1v) is 15.8. The lowest BCUT2D eigenvalue weighted by atomic mass is 9.71. The van der Waals surface area contributed by atoms with Gasteiger partial charge in [-0.25, -0.2) is 9.98 Å². The zero-order valence-electron chi connectivity index (χ0n) is 20.6. The number of carbonyl (C=O) groups is 2. The minimum absolute atomic E-state index is 0.0146. The highest BCUT2D eigenvalue weighted by atomic mass is 79.9. The Morgan fingerprint density at radius 2 is 1.44 bits per heavy atom. The maximum absolute atomic E-state index is 13.1. The first-order chi connectivity index (χ1) is 19.3. The molecule has 2 amide bonds. The topological polar surface area (TPSA) is 220 Å². The summed E-state index contributed by atoms with van der Waals surface area (Å²) in [5.41, 5.74) is 9.70. The van der Waals surface area contributed by atoms with Crippen molar-refractivity contribution in [3.8, 4) is 0 Å². The van der Waals surface area contributed by atoms with Crippen molar-refractivity contribution in [2.75, 3.05) is 13.1 Å². The number of H-pyrrole nitrogens is 2. The van der Waals surface area contributed by atoms with Crippen LogP contribution < -0.4 is 32.7 Å². The van der Waals surface area contributed by atoms with Crippen LogP contribution in [0.25, 0.3) is 0 Å². The SMILES string of the molecule is NC1=N[C@H]2O[C@@H]3N=C(N)N[C@]34[C@H]([C@H](CNC(=O)c3cc(Br)c(Br)[nH]3)[C@@H](CNC(=O)c3cc(Br)c(Br)[nH]3)[C@@H]4Cl)[C@@]2(O)N1. The molecule has 0 unspecified atom stereocenters. The molecule has 14 nitrogen and oxygen atoms in total. The second kappa shape index (κ2) is 10.4. The highest BCUT2D eigenvalue weighted by Crippen LogP contribution is 2.58. The number of aliphatic imine (C=N–C) groups is 2. The van der Waals surface area contributed by atoms with Crippen LogP contribution in [0.3, 0.4) is 0 Å². The van der Waals surface area contributed by atoms with E-state index in [0.717, 1.165) is 0 Å². The van der Waals surface area contributed by atoms with E-state index in [1.807, 2.05) is 0 Å². The van der Waals surface area contributed by atoms with E-state index in [-0.39, 0.29) is 36.8 Å². The molecule has 1 saturated heterocycles. The number of amides is 2. The molecule has 220 valence electrons. The summed E-state index contributed by atoms with van der Waals surface area (Å²) in [6.07, 6.45) is -2.03. The number of nitrogens with one attached hydrogen (secondary N) is 6. The minimum atomic E-state index is -1.82. The van der Waals surface area contributed by atoms with Gasteiger partial charge in [-0.05, 0) is 81.8 Å². The van der Waals surface area contributed by atoms with Gasteiger partial charge in [0.15, 0.2) is 23.9 Å². The van der Waals surface area contributed by atoms with Crippen molar-refractivity contribution in [1.82, 2.24) is 31.2 Å². The number of ether oxygens (including phenoxy) is 1. The first kappa shape index (κ1) is 29.3. The average molecular weight is 847 g/mol. The van der Waals surface area contributed by atoms with E-state index in [9.17, 15) is 14.7 Å². The van der Waals surface area contributed by atoms with Crippen LogP contribution in [-0.2, 0) is 4.74 Å². The molecule has 11 N–H and O–H groups in total. The van der Waals surface area contributed by atoms with E-state index in [0.29, 0.717) is 29.5 Å². The lowest BCUT2D eigenvalue weighted by Crippen LogP contribution is -2.75. The fourth-order valence-electron chi connectivity index (χ4n) is 6.36. The van der Waals surface area contributed by atoms with E-state index in [1.165, 1.54) is 0 Å². The van der Waals surface area contributed by atoms with E-state index in [2.05, 4.69) is 105 Å². The first-order valence-electron chi connectivity index (χ1n) is 12.2. The van der Waals surface area contributed by atoms with Crippen LogP contribution in [0.1, 0.15) is 21.0 Å². The quantitative estimate of drug-likeness (QED) is 0.191. The van der Waals surface area contributed by atoms with Gasteiger partial charge in [-0.15, -0.1) is 11.6 Å². The van der Waals surface area contributed by atoms with Crippen LogP contribution in [0.15, 0.2) is 40.3 Å². The lowest BCUT2D eigenvalue weighted by molar-refractivity contribution is -0.233. The predicted octanol–water partition coefficient (Wildman–Crippen LogP) is 0.968. The smallest absolute Gasteiger partial charge is 0.267 e. The molecule has 19 heteroatoms. The molecule has 3 aliphatic heterocycles. The summed E-state index contributed by atoms with van der Waals surface area (Å²) in [7, 11) is 0. The van der Waals surface area contributed by atoms with Crippen LogP contribution in [0, 0.1) is 17.8 Å². The number of nitrogens with two attached hydrogens (primary N) is 2. The van der Waals surface area contributed by atoms with Crippen molar-refractivity contribution < 1.29 is 19.4 Å². The number of hydrogen-bond acceptors (Lipinski definition) is 10. The van der Waals surface area contributed by atoms with Crippen molar-refractivity contribution in [2.45, 2.75) is 29.1 Å². The van der Waals surface area contributed by atoms with E-state index >= 15 is 0 Å². The number of guanidine groups is 2. The molecule has 5 heterocycles. The number of aromatic nitrogens is 2. The lowest BCUT2D eigenvalue weighted by Gasteiger charge is -2.51. The molecule has 0 radical (unpaired) electrons. The summed E-state index contributed by atoms with van der Waals surface area (Å²) < 4.78 is 8.67. The van der Waals surface area contributed by atoms with Crippen molar-refractivity contribution in [3.63, 3.8) is 0 Å². The molecule has 2 aromatic rings. The summed E-state index contributed by atoms with van der Waals surface area (Å²) in [5.74, 6) is -2.53. The molecule has 1 aliphatic carbocycles. The van der Waals surface area contributed by atoms with Gasteiger partial charge in [0.25, 0.3) is 11.8 Å². The number of hydrogen-bond donors (Lipinski definition) is 9. The fourth-order valence-corrected chi connectivity index (χ4v) is 8.25. The Hall–Kier alpha value is -1.83. The number of aliphatic hydroxyl groups is 1. The monoisotopic (exact) mass is 842 g/mol. The predicted molar refractivity (Wildman–Crippen MR) is 163 cm³/mol. The molecule has 41 heavy (non-hydrogen) atoms. The Bertz CT molecular complexity index is 1460. The number of fused-ring (bicyclic) bond motifs is 2. The van der Waals surface area contributed by atoms with Crippen molar-refractivity contribution in [3.05, 3.63) is 41.7 Å². The van der Waals surface area contributed by atoms with Crippen molar-refractivity contribution in [1.29, 1.82) is 0 Å². The minimum Gasteiger partial charge on any atom is -0.370 e. The zero-order valence-corrected chi connectivity index (χ0v) is 27.7. The average Bonchev–Trinajstić information content (AvgIpc) is 3.66. The molecule has 0 bridgehead atoms. The Balaban J connectivity index is 1.34. The van der Waals surface area contributed by atoms with E-state index in [1.54, 1.807) is 12.1 Å². The maximum atomic E-state index is 13.1. The third-order valence-corrected chi connectivity index (χ3v) is 12.2. The third kappa shape index (κ3) is 4.60. The number of nitrogens with zero attached hydrogens (tertiary/aromatic N) is 2. The largest absolute Gasteiger partial charge is 0.370 e. The number of carbonyl (C=O) groups excluding carboxylic acids is 2. The Kier molecular flexibility index (Phi) is 7.43. The second-order valence-corrected chi connectivity index (χ2v) is 14.0. The Labute approximate surface area is 271 Å². The summed E-state index contributed by atoms with van der Waals surface area (Å²) in [6.45, 7) is 0.152. The molecular formula is C22H23Br4ClN10O4. The summed E-state index contributed by atoms with van der Waals surface area (Å²) in [6, 6.07) is 3.28. The fraction of sp³-hybridized carbons (Fsp3) is 0.455. The summed E-state index contributed by atoms with van der Waals surface area (Å²) in [4.78, 5) is 40.7. The third-order valence-electron chi connectivity index (χ3n) is 7.96. The van der Waals surface area contributed by atoms with Crippen molar-refractivity contribution in [2.24, 2.45) is 39.2 Å². The van der Waals surface area contributed by atoms with Gasteiger partial charge in [0.05, 0.1) is 23.5 Å². The molecule has 4 aliphatic rings. The van der Waals surface area contributed by atoms with Gasteiger partial charge in [-0.2, -0.15) is 0 Å². The second-order valence-electron chi connectivity index (χ2n) is 10.2. The van der Waals surface area contributed by atoms with Gasteiger partial charge in [0.2, 0.25) is 6.23 Å². The molecular weight excluding hydrogens is 823 g/mol. The van der Waals surface area contributed by atoms with Crippen LogP contribution in [0.5, 0.6) is 0 Å². The maximum Gasteiger partial charge on any atom is 0.267 e. The van der Waals surface area contributed by atoms with Crippen LogP contribution in [0.2, 0.25) is 0 Å². The van der Waals surface area contributed by atoms with Crippen LogP contribution >= 0.6 is 75.3 Å². The molecule has 2 fully saturated rings. The van der Waals surface area contributed by atoms with Crippen LogP contribution in [-0.4, -0.2) is 81.0 Å². The number of halogens is 5. The number of aromatic amines is 2. The molecule has 8 atom stereocenters. The van der Waals surface area contributed by atoms with Crippen LogP contribution in [0.4, 0.5) is 0 Å². The standard InChI is InChI=1S/C22H23Br4ClN10O4/c23-7-1-9(32-13(7)25)15(38)30-3-5-6(4-31-16(39)10-2-8(24)14(26)33-10)12(27)21-11(5)22(40)18(35-20(29)37-22)41-17(21)34-19(28)36-21/h1-2,5-6,11-12,17-18,32-33,40H,3-4H2,(H,30,38)(H,31,39)(H3,28,34,36)(H3,29,35,37)/t5-,6-,11+,12+,17+,18+,21+,22+/m1/s1. The van der Waals surface area contributed by atoms with E-state index in [4.69, 9.17) is 27.8 Å². The molecule has 2 aromatic heterocycles.